The molecule has 5 heteroatoms. The SMILES string of the molecule is CC1CCCC(NC(=O)c2cc(N)cc(Cl)c2Cl)CC1. The van der Waals surface area contributed by atoms with Crippen molar-refractivity contribution in [3.05, 3.63) is 27.7 Å². The number of halogens is 2. The monoisotopic (exact) mass is 314 g/mol. The Bertz CT molecular complexity index is 505. The van der Waals surface area contributed by atoms with Crippen LogP contribution < -0.4 is 11.1 Å². The number of hydrogen-bond donors (Lipinski definition) is 2. The molecule has 2 rings (SSSR count). The van der Waals surface area contributed by atoms with Gasteiger partial charge in [-0.3, -0.25) is 4.79 Å². The molecule has 2 unspecified atom stereocenters. The van der Waals surface area contributed by atoms with E-state index in [2.05, 4.69) is 12.2 Å². The Morgan fingerprint density at radius 2 is 2.00 bits per heavy atom. The second-order valence-electron chi connectivity index (χ2n) is 5.65. The Balaban J connectivity index is 2.08. The molecule has 0 radical (unpaired) electrons. The lowest BCUT2D eigenvalue weighted by molar-refractivity contribution is 0.0933. The van der Waals surface area contributed by atoms with Crippen LogP contribution in [0.2, 0.25) is 10.0 Å². The van der Waals surface area contributed by atoms with Gasteiger partial charge >= 0.3 is 0 Å². The Hall–Kier alpha value is -0.930. The molecule has 20 heavy (non-hydrogen) atoms. The fourth-order valence-electron chi connectivity index (χ4n) is 2.67. The molecule has 3 N–H and O–H groups in total. The Kier molecular flexibility index (Phi) is 5.17. The van der Waals surface area contributed by atoms with Crippen molar-refractivity contribution in [2.45, 2.75) is 45.1 Å². The van der Waals surface area contributed by atoms with Crippen molar-refractivity contribution in [2.24, 2.45) is 5.92 Å². The van der Waals surface area contributed by atoms with Crippen LogP contribution in [0.15, 0.2) is 12.1 Å². The highest BCUT2D eigenvalue weighted by Gasteiger charge is 2.20. The predicted molar refractivity (Wildman–Crippen MR) is 84.4 cm³/mol. The molecule has 1 aliphatic carbocycles. The maximum absolute atomic E-state index is 12.3. The number of hydrogen-bond acceptors (Lipinski definition) is 2. The Labute approximate surface area is 129 Å². The van der Waals surface area contributed by atoms with Crippen LogP contribution in [0.3, 0.4) is 0 Å². The van der Waals surface area contributed by atoms with Gasteiger partial charge in [-0.2, -0.15) is 0 Å². The van der Waals surface area contributed by atoms with Crippen molar-refractivity contribution >= 4 is 34.8 Å². The summed E-state index contributed by atoms with van der Waals surface area (Å²) >= 11 is 12.0. The predicted octanol–water partition coefficient (Wildman–Crippen LogP) is 4.27. The first kappa shape index (κ1) is 15.5. The molecule has 110 valence electrons. The lowest BCUT2D eigenvalue weighted by Gasteiger charge is -2.17. The van der Waals surface area contributed by atoms with Crippen molar-refractivity contribution in [3.8, 4) is 0 Å². The summed E-state index contributed by atoms with van der Waals surface area (Å²) < 4.78 is 0. The molecule has 1 aromatic rings. The zero-order valence-electron chi connectivity index (χ0n) is 11.6. The largest absolute Gasteiger partial charge is 0.399 e. The van der Waals surface area contributed by atoms with E-state index in [0.717, 1.165) is 31.6 Å². The zero-order valence-corrected chi connectivity index (χ0v) is 13.1. The molecular weight excluding hydrogens is 295 g/mol. The van der Waals surface area contributed by atoms with Crippen LogP contribution in [-0.2, 0) is 0 Å². The first-order chi connectivity index (χ1) is 9.47. The summed E-state index contributed by atoms with van der Waals surface area (Å²) in [6.45, 7) is 2.26. The highest BCUT2D eigenvalue weighted by Crippen LogP contribution is 2.29. The lowest BCUT2D eigenvalue weighted by Crippen LogP contribution is -2.34. The molecule has 1 saturated carbocycles. The number of nitrogens with two attached hydrogens (primary N) is 1. The van der Waals surface area contributed by atoms with Gasteiger partial charge in [-0.25, -0.2) is 0 Å². The maximum Gasteiger partial charge on any atom is 0.253 e. The molecule has 1 aliphatic rings. The van der Waals surface area contributed by atoms with Gasteiger partial charge in [0.15, 0.2) is 0 Å². The van der Waals surface area contributed by atoms with E-state index in [9.17, 15) is 4.79 Å². The van der Waals surface area contributed by atoms with E-state index in [1.54, 1.807) is 12.1 Å². The molecule has 0 spiro atoms. The molecular formula is C15H20Cl2N2O. The first-order valence-electron chi connectivity index (χ1n) is 7.02. The van der Waals surface area contributed by atoms with E-state index >= 15 is 0 Å². The minimum Gasteiger partial charge on any atom is -0.399 e. The Morgan fingerprint density at radius 1 is 1.25 bits per heavy atom. The highest BCUT2D eigenvalue weighted by molar-refractivity contribution is 6.44. The van der Waals surface area contributed by atoms with Gasteiger partial charge in [-0.05, 0) is 37.3 Å². The molecule has 0 aliphatic heterocycles. The number of amides is 1. The second kappa shape index (κ2) is 6.68. The fourth-order valence-corrected chi connectivity index (χ4v) is 3.09. The van der Waals surface area contributed by atoms with Gasteiger partial charge in [-0.15, -0.1) is 0 Å². The van der Waals surface area contributed by atoms with E-state index in [1.807, 2.05) is 0 Å². The quantitative estimate of drug-likeness (QED) is 0.632. The van der Waals surface area contributed by atoms with Gasteiger partial charge < -0.3 is 11.1 Å². The number of nitrogen functional groups attached to an aromatic ring is 1. The third-order valence-electron chi connectivity index (χ3n) is 3.89. The van der Waals surface area contributed by atoms with E-state index in [1.165, 1.54) is 6.42 Å². The van der Waals surface area contributed by atoms with Crippen molar-refractivity contribution in [1.82, 2.24) is 5.32 Å². The van der Waals surface area contributed by atoms with Crippen LogP contribution in [0.1, 0.15) is 49.4 Å². The average Bonchev–Trinajstić information content (AvgIpc) is 2.59. The van der Waals surface area contributed by atoms with Crippen molar-refractivity contribution in [3.63, 3.8) is 0 Å². The molecule has 3 nitrogen and oxygen atoms in total. The molecule has 1 aromatic carbocycles. The summed E-state index contributed by atoms with van der Waals surface area (Å²) in [6.07, 6.45) is 5.56. The molecule has 0 heterocycles. The third-order valence-corrected chi connectivity index (χ3v) is 4.69. The van der Waals surface area contributed by atoms with Gasteiger partial charge in [0, 0.05) is 11.7 Å². The van der Waals surface area contributed by atoms with E-state index in [4.69, 9.17) is 28.9 Å². The highest BCUT2D eigenvalue weighted by atomic mass is 35.5. The van der Waals surface area contributed by atoms with E-state index in [0.29, 0.717) is 16.3 Å². The summed E-state index contributed by atoms with van der Waals surface area (Å²) in [5, 5.41) is 3.63. The molecule has 1 fully saturated rings. The van der Waals surface area contributed by atoms with Gasteiger partial charge in [0.25, 0.3) is 5.91 Å². The van der Waals surface area contributed by atoms with Gasteiger partial charge in [0.05, 0.1) is 15.6 Å². The normalized spacial score (nSPS) is 23.1. The average molecular weight is 315 g/mol. The minimum atomic E-state index is -0.191. The van der Waals surface area contributed by atoms with Crippen LogP contribution >= 0.6 is 23.2 Å². The van der Waals surface area contributed by atoms with E-state index < -0.39 is 0 Å². The molecule has 0 aromatic heterocycles. The van der Waals surface area contributed by atoms with Crippen molar-refractivity contribution in [2.75, 3.05) is 5.73 Å². The standard InChI is InChI=1S/C15H20Cl2N2O/c1-9-3-2-4-11(6-5-9)19-15(20)12-7-10(18)8-13(16)14(12)17/h7-9,11H,2-6,18H2,1H3,(H,19,20). The van der Waals surface area contributed by atoms with Gasteiger partial charge in [0.1, 0.15) is 0 Å². The first-order valence-corrected chi connectivity index (χ1v) is 7.78. The molecule has 2 atom stereocenters. The third kappa shape index (κ3) is 3.80. The Morgan fingerprint density at radius 3 is 2.75 bits per heavy atom. The minimum absolute atomic E-state index is 0.191. The molecule has 0 saturated heterocycles. The summed E-state index contributed by atoms with van der Waals surface area (Å²) in [6, 6.07) is 3.33. The van der Waals surface area contributed by atoms with E-state index in [-0.39, 0.29) is 17.0 Å². The van der Waals surface area contributed by atoms with Gasteiger partial charge in [-0.1, -0.05) is 43.0 Å². The van der Waals surface area contributed by atoms with Crippen molar-refractivity contribution in [1.29, 1.82) is 0 Å². The zero-order chi connectivity index (χ0) is 14.7. The molecule has 1 amide bonds. The second-order valence-corrected chi connectivity index (χ2v) is 6.43. The summed E-state index contributed by atoms with van der Waals surface area (Å²) in [5.74, 6) is 0.547. The summed E-state index contributed by atoms with van der Waals surface area (Å²) in [4.78, 5) is 12.3. The van der Waals surface area contributed by atoms with Crippen LogP contribution in [0.25, 0.3) is 0 Å². The van der Waals surface area contributed by atoms with Crippen LogP contribution in [0, 0.1) is 5.92 Å². The van der Waals surface area contributed by atoms with Crippen molar-refractivity contribution < 1.29 is 4.79 Å². The number of rotatable bonds is 2. The summed E-state index contributed by atoms with van der Waals surface area (Å²) in [7, 11) is 0. The lowest BCUT2D eigenvalue weighted by atomic mass is 10.0. The van der Waals surface area contributed by atoms with Gasteiger partial charge in [0.2, 0.25) is 0 Å². The number of anilines is 1. The summed E-state index contributed by atoms with van der Waals surface area (Å²) in [5.41, 5.74) is 6.52. The fraction of sp³-hybridized carbons (Fsp3) is 0.533. The smallest absolute Gasteiger partial charge is 0.253 e. The number of carbonyl (C=O) groups is 1. The van der Waals surface area contributed by atoms with Crippen LogP contribution in [0.5, 0.6) is 0 Å². The number of benzene rings is 1. The molecule has 0 bridgehead atoms. The number of carbonyl (C=O) groups excluding carboxylic acids is 1. The van der Waals surface area contributed by atoms with Crippen LogP contribution in [-0.4, -0.2) is 11.9 Å². The topological polar surface area (TPSA) is 55.1 Å². The maximum atomic E-state index is 12.3. The van der Waals surface area contributed by atoms with Crippen LogP contribution in [0.4, 0.5) is 5.69 Å². The number of nitrogens with one attached hydrogen (secondary N) is 1.